The average Bonchev–Trinajstić information content (AvgIpc) is 3.27. The monoisotopic (exact) mass is 351 g/mol. The molecule has 0 bridgehead atoms. The number of nitrogens with one attached hydrogen (secondary N) is 1. The Labute approximate surface area is 144 Å². The number of amides is 1. The number of aryl methyl sites for hydroxylation is 3. The van der Waals surface area contributed by atoms with Crippen molar-refractivity contribution in [2.45, 2.75) is 51.7 Å². The van der Waals surface area contributed by atoms with Gasteiger partial charge in [0.1, 0.15) is 0 Å². The second-order valence-corrected chi connectivity index (χ2v) is 6.51. The summed E-state index contributed by atoms with van der Waals surface area (Å²) in [4.78, 5) is 12.2. The van der Waals surface area contributed by atoms with E-state index in [0.717, 1.165) is 35.7 Å². The van der Waals surface area contributed by atoms with Gasteiger partial charge in [-0.3, -0.25) is 9.48 Å². The normalized spacial score (nSPS) is 14.6. The number of benzene rings is 1. The van der Waals surface area contributed by atoms with Gasteiger partial charge in [-0.1, -0.05) is 18.2 Å². The second kappa shape index (κ2) is 6.54. The molecule has 1 N–H and O–H groups in total. The van der Waals surface area contributed by atoms with Gasteiger partial charge in [-0.25, -0.2) is 0 Å². The summed E-state index contributed by atoms with van der Waals surface area (Å²) >= 11 is 0. The Morgan fingerprint density at radius 1 is 1.28 bits per heavy atom. The minimum Gasteiger partial charge on any atom is -0.326 e. The highest BCUT2D eigenvalue weighted by molar-refractivity contribution is 5.92. The SMILES string of the molecule is Cc1cccc(C)c1NC(=O)CCn1nc(C(F)(F)F)cc1C1CC1. The molecular formula is C18H20F3N3O. The van der Waals surface area contributed by atoms with E-state index >= 15 is 0 Å². The van der Waals surface area contributed by atoms with Crippen LogP contribution in [-0.4, -0.2) is 15.7 Å². The van der Waals surface area contributed by atoms with Gasteiger partial charge >= 0.3 is 6.18 Å². The van der Waals surface area contributed by atoms with E-state index in [-0.39, 0.29) is 24.8 Å². The summed E-state index contributed by atoms with van der Waals surface area (Å²) in [7, 11) is 0. The molecule has 1 aromatic carbocycles. The highest BCUT2D eigenvalue weighted by atomic mass is 19.4. The molecule has 1 aliphatic rings. The number of rotatable bonds is 5. The summed E-state index contributed by atoms with van der Waals surface area (Å²) in [6.07, 6.45) is -2.64. The summed E-state index contributed by atoms with van der Waals surface area (Å²) in [5, 5.41) is 6.52. The number of carbonyl (C=O) groups is 1. The number of anilines is 1. The quantitative estimate of drug-likeness (QED) is 0.866. The van der Waals surface area contributed by atoms with Crippen LogP contribution in [0.4, 0.5) is 18.9 Å². The van der Waals surface area contributed by atoms with Gasteiger partial charge in [0.05, 0.1) is 0 Å². The van der Waals surface area contributed by atoms with Crippen molar-refractivity contribution < 1.29 is 18.0 Å². The zero-order valence-corrected chi connectivity index (χ0v) is 14.2. The Morgan fingerprint density at radius 2 is 1.92 bits per heavy atom. The van der Waals surface area contributed by atoms with Gasteiger partial charge in [0.15, 0.2) is 5.69 Å². The molecule has 0 saturated heterocycles. The zero-order valence-electron chi connectivity index (χ0n) is 14.2. The largest absolute Gasteiger partial charge is 0.435 e. The second-order valence-electron chi connectivity index (χ2n) is 6.51. The molecule has 4 nitrogen and oxygen atoms in total. The smallest absolute Gasteiger partial charge is 0.326 e. The maximum Gasteiger partial charge on any atom is 0.435 e. The van der Waals surface area contributed by atoms with E-state index < -0.39 is 11.9 Å². The summed E-state index contributed by atoms with van der Waals surface area (Å²) in [5.74, 6) is -0.103. The molecule has 0 atom stereocenters. The molecule has 2 aromatic rings. The van der Waals surface area contributed by atoms with Crippen molar-refractivity contribution in [2.75, 3.05) is 5.32 Å². The standard InChI is InChI=1S/C18H20F3N3O/c1-11-4-3-5-12(2)17(11)22-16(25)8-9-24-14(13-6-7-13)10-15(23-24)18(19,20)21/h3-5,10,13H,6-9H2,1-2H3,(H,22,25). The van der Waals surface area contributed by atoms with Gasteiger partial charge in [-0.2, -0.15) is 18.3 Å². The fraction of sp³-hybridized carbons (Fsp3) is 0.444. The van der Waals surface area contributed by atoms with Crippen LogP contribution in [0.2, 0.25) is 0 Å². The van der Waals surface area contributed by atoms with E-state index in [1.54, 1.807) is 0 Å². The van der Waals surface area contributed by atoms with Crippen molar-refractivity contribution in [3.8, 4) is 0 Å². The van der Waals surface area contributed by atoms with Crippen molar-refractivity contribution in [1.82, 2.24) is 9.78 Å². The van der Waals surface area contributed by atoms with Crippen molar-refractivity contribution in [1.29, 1.82) is 0 Å². The zero-order chi connectivity index (χ0) is 18.2. The highest BCUT2D eigenvalue weighted by Gasteiger charge is 2.37. The molecule has 1 heterocycles. The number of hydrogen-bond donors (Lipinski definition) is 1. The fourth-order valence-corrected chi connectivity index (χ4v) is 2.88. The van der Waals surface area contributed by atoms with E-state index in [0.29, 0.717) is 5.69 Å². The number of alkyl halides is 3. The average molecular weight is 351 g/mol. The highest BCUT2D eigenvalue weighted by Crippen LogP contribution is 2.42. The number of hydrogen-bond acceptors (Lipinski definition) is 2. The lowest BCUT2D eigenvalue weighted by Gasteiger charge is -2.12. The molecule has 1 saturated carbocycles. The van der Waals surface area contributed by atoms with Gasteiger partial charge in [0.25, 0.3) is 0 Å². The van der Waals surface area contributed by atoms with Crippen LogP contribution in [0.25, 0.3) is 0 Å². The van der Waals surface area contributed by atoms with E-state index in [1.165, 1.54) is 4.68 Å². The van der Waals surface area contributed by atoms with Crippen LogP contribution in [0.1, 0.15) is 47.7 Å². The first kappa shape index (κ1) is 17.5. The van der Waals surface area contributed by atoms with E-state index in [1.807, 2.05) is 32.0 Å². The molecule has 1 aliphatic carbocycles. The first-order valence-electron chi connectivity index (χ1n) is 8.26. The molecule has 1 amide bonds. The molecule has 0 aliphatic heterocycles. The Morgan fingerprint density at radius 3 is 2.48 bits per heavy atom. The molecule has 0 radical (unpaired) electrons. The van der Waals surface area contributed by atoms with Crippen molar-refractivity contribution in [2.24, 2.45) is 0 Å². The predicted molar refractivity (Wildman–Crippen MR) is 88.4 cm³/mol. The molecule has 7 heteroatoms. The lowest BCUT2D eigenvalue weighted by Crippen LogP contribution is -2.17. The Hall–Kier alpha value is -2.31. The minimum absolute atomic E-state index is 0.0759. The maximum absolute atomic E-state index is 12.9. The summed E-state index contributed by atoms with van der Waals surface area (Å²) in [6, 6.07) is 6.82. The van der Waals surface area contributed by atoms with Crippen LogP contribution >= 0.6 is 0 Å². The summed E-state index contributed by atoms with van der Waals surface area (Å²) in [6.45, 7) is 3.94. The summed E-state index contributed by atoms with van der Waals surface area (Å²) in [5.41, 5.74) is 2.35. The third-order valence-electron chi connectivity index (χ3n) is 4.39. The van der Waals surface area contributed by atoms with Crippen molar-refractivity contribution in [3.63, 3.8) is 0 Å². The molecule has 0 spiro atoms. The van der Waals surface area contributed by atoms with Gasteiger partial charge in [-0.05, 0) is 43.9 Å². The number of para-hydroxylation sites is 1. The van der Waals surface area contributed by atoms with Crippen LogP contribution in [0.5, 0.6) is 0 Å². The molecule has 134 valence electrons. The van der Waals surface area contributed by atoms with Crippen LogP contribution in [0.15, 0.2) is 24.3 Å². The Bertz CT molecular complexity index is 771. The van der Waals surface area contributed by atoms with Crippen molar-refractivity contribution >= 4 is 11.6 Å². The molecular weight excluding hydrogens is 331 g/mol. The van der Waals surface area contributed by atoms with Crippen LogP contribution in [0.3, 0.4) is 0 Å². The minimum atomic E-state index is -4.46. The third kappa shape index (κ3) is 4.03. The van der Waals surface area contributed by atoms with Gasteiger partial charge in [0.2, 0.25) is 5.91 Å². The van der Waals surface area contributed by atoms with Crippen molar-refractivity contribution in [3.05, 3.63) is 46.8 Å². The van der Waals surface area contributed by atoms with Crippen LogP contribution < -0.4 is 5.32 Å². The third-order valence-corrected chi connectivity index (χ3v) is 4.39. The van der Waals surface area contributed by atoms with Gasteiger partial charge < -0.3 is 5.32 Å². The number of halogens is 3. The number of carbonyl (C=O) groups excluding carboxylic acids is 1. The molecule has 0 unspecified atom stereocenters. The number of nitrogens with zero attached hydrogens (tertiary/aromatic N) is 2. The molecule has 3 rings (SSSR count). The Kier molecular flexibility index (Phi) is 4.58. The van der Waals surface area contributed by atoms with Crippen LogP contribution in [-0.2, 0) is 17.5 Å². The topological polar surface area (TPSA) is 46.9 Å². The van der Waals surface area contributed by atoms with Gasteiger partial charge in [-0.15, -0.1) is 0 Å². The first-order valence-corrected chi connectivity index (χ1v) is 8.26. The lowest BCUT2D eigenvalue weighted by molar-refractivity contribution is -0.141. The van der Waals surface area contributed by atoms with Crippen LogP contribution in [0, 0.1) is 13.8 Å². The Balaban J connectivity index is 1.69. The van der Waals surface area contributed by atoms with E-state index in [4.69, 9.17) is 0 Å². The van der Waals surface area contributed by atoms with E-state index in [2.05, 4.69) is 10.4 Å². The van der Waals surface area contributed by atoms with E-state index in [9.17, 15) is 18.0 Å². The first-order chi connectivity index (χ1) is 11.8. The fourth-order valence-electron chi connectivity index (χ4n) is 2.88. The lowest BCUT2D eigenvalue weighted by atomic mass is 10.1. The molecule has 1 aromatic heterocycles. The van der Waals surface area contributed by atoms with Gasteiger partial charge in [0, 0.05) is 30.3 Å². The number of aromatic nitrogens is 2. The maximum atomic E-state index is 12.9. The molecule has 1 fully saturated rings. The summed E-state index contributed by atoms with van der Waals surface area (Å²) < 4.78 is 40.0. The molecule has 25 heavy (non-hydrogen) atoms. The predicted octanol–water partition coefficient (Wildman–Crippen LogP) is 4.42.